The number of benzene rings is 1. The highest BCUT2D eigenvalue weighted by molar-refractivity contribution is 5.97. The molecule has 8 N–H and O–H groups in total. The van der Waals surface area contributed by atoms with Crippen molar-refractivity contribution in [1.29, 1.82) is 0 Å². The topological polar surface area (TPSA) is 157 Å². The van der Waals surface area contributed by atoms with Crippen molar-refractivity contribution in [3.8, 4) is 0 Å². The first-order chi connectivity index (χ1) is 14.2. The fraction of sp³-hybridized carbons (Fsp3) is 0.524. The van der Waals surface area contributed by atoms with Gasteiger partial charge >= 0.3 is 0 Å². The van der Waals surface area contributed by atoms with Crippen molar-refractivity contribution in [2.24, 2.45) is 22.2 Å². The number of nitrogens with two attached hydrogens (primary N) is 3. The molecule has 1 amide bonds. The normalized spacial score (nSPS) is 17.6. The summed E-state index contributed by atoms with van der Waals surface area (Å²) in [6, 6.07) is 5.87. The molecule has 1 aliphatic carbocycles. The van der Waals surface area contributed by atoms with Gasteiger partial charge in [-0.15, -0.1) is 37.2 Å². The van der Waals surface area contributed by atoms with Crippen LogP contribution in [-0.2, 0) is 0 Å². The predicted octanol–water partition coefficient (Wildman–Crippen LogP) is 2.67. The average molecular weight is 522 g/mol. The summed E-state index contributed by atoms with van der Waals surface area (Å²) < 4.78 is 0. The SMILES string of the molecule is Cc1ccc2nc(C(=O)NC(C)(C)CN)nc(N[C@H]3CCCC[C@H]3N=C(N)N)c2c1.Cl.Cl.Cl. The molecule has 1 aliphatic rings. The van der Waals surface area contributed by atoms with Crippen molar-refractivity contribution < 1.29 is 4.79 Å². The van der Waals surface area contributed by atoms with Crippen molar-refractivity contribution in [1.82, 2.24) is 15.3 Å². The van der Waals surface area contributed by atoms with Crippen LogP contribution in [0.1, 0.15) is 55.7 Å². The number of fused-ring (bicyclic) bond motifs is 1. The number of aliphatic imine (C=N–C) groups is 1. The molecule has 2 atom stereocenters. The Hall–Kier alpha value is -2.07. The number of carbonyl (C=O) groups is 1. The van der Waals surface area contributed by atoms with Gasteiger partial charge in [-0.3, -0.25) is 4.79 Å². The number of carbonyl (C=O) groups excluding carboxylic acids is 1. The first-order valence-electron chi connectivity index (χ1n) is 10.3. The summed E-state index contributed by atoms with van der Waals surface area (Å²) in [6.07, 6.45) is 3.97. The Morgan fingerprint density at radius 1 is 1.15 bits per heavy atom. The molecular formula is C21H35Cl3N8O. The molecule has 0 spiro atoms. The molecule has 0 bridgehead atoms. The lowest BCUT2D eigenvalue weighted by atomic mass is 9.90. The molecule has 12 heteroatoms. The first kappa shape index (κ1) is 30.9. The molecule has 1 fully saturated rings. The van der Waals surface area contributed by atoms with E-state index in [9.17, 15) is 4.79 Å². The van der Waals surface area contributed by atoms with Crippen molar-refractivity contribution in [2.75, 3.05) is 11.9 Å². The maximum Gasteiger partial charge on any atom is 0.289 e. The van der Waals surface area contributed by atoms with E-state index in [1.807, 2.05) is 39.0 Å². The Balaban J connectivity index is 0.00000341. The Morgan fingerprint density at radius 3 is 2.45 bits per heavy atom. The van der Waals surface area contributed by atoms with E-state index in [4.69, 9.17) is 17.2 Å². The number of halogens is 3. The fourth-order valence-corrected chi connectivity index (χ4v) is 3.67. The van der Waals surface area contributed by atoms with Crippen LogP contribution in [0.5, 0.6) is 0 Å². The molecule has 33 heavy (non-hydrogen) atoms. The second-order valence-electron chi connectivity index (χ2n) is 8.62. The summed E-state index contributed by atoms with van der Waals surface area (Å²) in [6.45, 7) is 6.03. The third-order valence-electron chi connectivity index (χ3n) is 5.38. The van der Waals surface area contributed by atoms with Gasteiger partial charge in [0.05, 0.1) is 17.6 Å². The first-order valence-corrected chi connectivity index (χ1v) is 10.3. The third kappa shape index (κ3) is 8.03. The Labute approximate surface area is 213 Å². The van der Waals surface area contributed by atoms with Crippen molar-refractivity contribution >= 4 is 65.8 Å². The minimum atomic E-state index is -0.557. The van der Waals surface area contributed by atoms with Gasteiger partial charge in [0, 0.05) is 17.5 Å². The number of hydrogen-bond donors (Lipinski definition) is 5. The zero-order chi connectivity index (χ0) is 21.9. The summed E-state index contributed by atoms with van der Waals surface area (Å²) in [5.74, 6) is 0.438. The lowest BCUT2D eigenvalue weighted by molar-refractivity contribution is 0.0905. The second kappa shape index (κ2) is 13.0. The van der Waals surface area contributed by atoms with Gasteiger partial charge in [-0.1, -0.05) is 24.5 Å². The largest absolute Gasteiger partial charge is 0.370 e. The standard InChI is InChI=1S/C21H32N8O.3ClH/c1-12-8-9-14-13(10-12)17(26-15-6-4-5-7-16(15)27-20(23)24)28-18(25-14)19(30)29-21(2,3)11-22;;;/h8-10,15-16H,4-7,11,22H2,1-3H3,(H,29,30)(H4,23,24,27)(H,25,26,28);3*1H/t15-,16+;;;/m0.../s1. The van der Waals surface area contributed by atoms with Crippen LogP contribution in [0.3, 0.4) is 0 Å². The maximum atomic E-state index is 12.8. The van der Waals surface area contributed by atoms with Crippen LogP contribution in [0.25, 0.3) is 10.9 Å². The molecule has 9 nitrogen and oxygen atoms in total. The highest BCUT2D eigenvalue weighted by Crippen LogP contribution is 2.28. The van der Waals surface area contributed by atoms with E-state index in [2.05, 4.69) is 25.6 Å². The van der Waals surface area contributed by atoms with Crippen LogP contribution in [0.2, 0.25) is 0 Å². The Morgan fingerprint density at radius 2 is 1.82 bits per heavy atom. The number of anilines is 1. The maximum absolute atomic E-state index is 12.8. The van der Waals surface area contributed by atoms with Gasteiger partial charge in [0.15, 0.2) is 5.96 Å². The van der Waals surface area contributed by atoms with Crippen molar-refractivity contribution in [3.05, 3.63) is 29.6 Å². The smallest absolute Gasteiger partial charge is 0.289 e. The molecule has 1 heterocycles. The number of rotatable bonds is 6. The highest BCUT2D eigenvalue weighted by atomic mass is 35.5. The molecule has 186 valence electrons. The number of nitrogens with zero attached hydrogens (tertiary/aromatic N) is 3. The lowest BCUT2D eigenvalue weighted by Gasteiger charge is -2.30. The molecular weight excluding hydrogens is 487 g/mol. The average Bonchev–Trinajstić information content (AvgIpc) is 2.69. The summed E-state index contributed by atoms with van der Waals surface area (Å²) in [5, 5.41) is 7.26. The van der Waals surface area contributed by atoms with Gasteiger partial charge in [-0.25, -0.2) is 15.0 Å². The minimum Gasteiger partial charge on any atom is -0.370 e. The number of aryl methyl sites for hydroxylation is 1. The highest BCUT2D eigenvalue weighted by Gasteiger charge is 2.27. The Kier molecular flexibility index (Phi) is 12.2. The van der Waals surface area contributed by atoms with E-state index >= 15 is 0 Å². The summed E-state index contributed by atoms with van der Waals surface area (Å²) in [5.41, 5.74) is 18.2. The van der Waals surface area contributed by atoms with E-state index in [0.717, 1.165) is 36.6 Å². The minimum absolute atomic E-state index is 0. The number of nitrogens with one attached hydrogen (secondary N) is 2. The van der Waals surface area contributed by atoms with E-state index in [-0.39, 0.29) is 67.0 Å². The van der Waals surface area contributed by atoms with Crippen LogP contribution in [-0.4, -0.2) is 46.0 Å². The quantitative estimate of drug-likeness (QED) is 0.289. The number of aromatic nitrogens is 2. The van der Waals surface area contributed by atoms with Crippen LogP contribution in [0.4, 0.5) is 5.82 Å². The van der Waals surface area contributed by atoms with Gasteiger partial charge in [0.25, 0.3) is 5.91 Å². The van der Waals surface area contributed by atoms with E-state index in [0.29, 0.717) is 17.9 Å². The molecule has 0 radical (unpaired) electrons. The summed E-state index contributed by atoms with van der Waals surface area (Å²) in [4.78, 5) is 26.3. The van der Waals surface area contributed by atoms with Crippen LogP contribution in [0, 0.1) is 6.92 Å². The lowest BCUT2D eigenvalue weighted by Crippen LogP contribution is -2.49. The number of hydrogen-bond acceptors (Lipinski definition) is 6. The van der Waals surface area contributed by atoms with Gasteiger partial charge in [-0.2, -0.15) is 0 Å². The van der Waals surface area contributed by atoms with Crippen LogP contribution < -0.4 is 27.8 Å². The van der Waals surface area contributed by atoms with E-state index in [1.54, 1.807) is 0 Å². The van der Waals surface area contributed by atoms with E-state index < -0.39 is 5.54 Å². The van der Waals surface area contributed by atoms with E-state index in [1.165, 1.54) is 0 Å². The van der Waals surface area contributed by atoms with Gasteiger partial charge < -0.3 is 27.8 Å². The summed E-state index contributed by atoms with van der Waals surface area (Å²) >= 11 is 0. The van der Waals surface area contributed by atoms with Gasteiger partial charge in [0.2, 0.25) is 5.82 Å². The molecule has 1 aromatic heterocycles. The van der Waals surface area contributed by atoms with Gasteiger partial charge in [0.1, 0.15) is 5.82 Å². The predicted molar refractivity (Wildman–Crippen MR) is 142 cm³/mol. The molecule has 0 aliphatic heterocycles. The molecule has 3 rings (SSSR count). The molecule has 0 unspecified atom stereocenters. The molecule has 1 aromatic carbocycles. The number of guanidine groups is 1. The Bertz CT molecular complexity index is 966. The monoisotopic (exact) mass is 520 g/mol. The molecule has 1 saturated carbocycles. The van der Waals surface area contributed by atoms with Crippen LogP contribution >= 0.6 is 37.2 Å². The van der Waals surface area contributed by atoms with Gasteiger partial charge in [-0.05, 0) is 45.7 Å². The third-order valence-corrected chi connectivity index (χ3v) is 5.38. The molecule has 0 saturated heterocycles. The van der Waals surface area contributed by atoms with Crippen LogP contribution in [0.15, 0.2) is 23.2 Å². The fourth-order valence-electron chi connectivity index (χ4n) is 3.67. The zero-order valence-electron chi connectivity index (χ0n) is 19.1. The second-order valence-corrected chi connectivity index (χ2v) is 8.62. The zero-order valence-corrected chi connectivity index (χ0v) is 21.6. The van der Waals surface area contributed by atoms with Crippen molar-refractivity contribution in [2.45, 2.75) is 64.1 Å². The number of amides is 1. The summed E-state index contributed by atoms with van der Waals surface area (Å²) in [7, 11) is 0. The van der Waals surface area contributed by atoms with Crippen molar-refractivity contribution in [3.63, 3.8) is 0 Å². The molecule has 2 aromatic rings.